The van der Waals surface area contributed by atoms with Crippen LogP contribution in [-0.2, 0) is 4.74 Å². The molecule has 0 spiro atoms. The molecular formula is C14H16BrClO3. The molecule has 2 heterocycles. The van der Waals surface area contributed by atoms with Crippen LogP contribution in [0.25, 0.3) is 0 Å². The Morgan fingerprint density at radius 3 is 2.58 bits per heavy atom. The van der Waals surface area contributed by atoms with E-state index in [0.717, 1.165) is 34.6 Å². The largest absolute Gasteiger partial charge is 0.486 e. The van der Waals surface area contributed by atoms with E-state index in [-0.39, 0.29) is 5.38 Å². The minimum Gasteiger partial charge on any atom is -0.486 e. The predicted molar refractivity (Wildman–Crippen MR) is 77.2 cm³/mol. The van der Waals surface area contributed by atoms with Gasteiger partial charge in [-0.2, -0.15) is 0 Å². The Balaban J connectivity index is 1.87. The van der Waals surface area contributed by atoms with Crippen LogP contribution in [0.1, 0.15) is 24.3 Å². The Morgan fingerprint density at radius 1 is 1.26 bits per heavy atom. The fourth-order valence-corrected chi connectivity index (χ4v) is 3.66. The van der Waals surface area contributed by atoms with Crippen molar-refractivity contribution in [3.8, 4) is 11.5 Å². The number of hydrogen-bond acceptors (Lipinski definition) is 3. The molecule has 3 atom stereocenters. The predicted octanol–water partition coefficient (Wildman–Crippen LogP) is 3.93. The molecule has 1 saturated heterocycles. The van der Waals surface area contributed by atoms with E-state index in [1.807, 2.05) is 12.1 Å². The SMILES string of the molecule is CC1CC(C(Cl)c2cc3c(cc2Br)OCCO3)CO1. The average molecular weight is 348 g/mol. The summed E-state index contributed by atoms with van der Waals surface area (Å²) in [6.45, 7) is 3.99. The Morgan fingerprint density at radius 2 is 1.95 bits per heavy atom. The first kappa shape index (κ1) is 13.5. The van der Waals surface area contributed by atoms with Gasteiger partial charge < -0.3 is 14.2 Å². The van der Waals surface area contributed by atoms with Gasteiger partial charge in [0.25, 0.3) is 0 Å². The van der Waals surface area contributed by atoms with Gasteiger partial charge in [-0.05, 0) is 31.0 Å². The lowest BCUT2D eigenvalue weighted by molar-refractivity contribution is 0.119. The Bertz CT molecular complexity index is 480. The second-order valence-corrected chi connectivity index (χ2v) is 6.38. The van der Waals surface area contributed by atoms with Crippen LogP contribution in [0.2, 0.25) is 0 Å². The normalized spacial score (nSPS) is 27.3. The summed E-state index contributed by atoms with van der Waals surface area (Å²) in [6, 6.07) is 3.93. The second kappa shape index (κ2) is 5.51. The van der Waals surface area contributed by atoms with Gasteiger partial charge in [0.1, 0.15) is 13.2 Å². The minimum absolute atomic E-state index is 0.0739. The first-order chi connectivity index (χ1) is 9.15. The molecule has 19 heavy (non-hydrogen) atoms. The van der Waals surface area contributed by atoms with Crippen molar-refractivity contribution in [3.05, 3.63) is 22.2 Å². The Labute approximate surface area is 126 Å². The van der Waals surface area contributed by atoms with Crippen molar-refractivity contribution in [1.82, 2.24) is 0 Å². The highest BCUT2D eigenvalue weighted by atomic mass is 79.9. The molecule has 0 amide bonds. The first-order valence-electron chi connectivity index (χ1n) is 6.50. The molecule has 1 fully saturated rings. The number of alkyl halides is 1. The van der Waals surface area contributed by atoms with E-state index in [4.69, 9.17) is 25.8 Å². The van der Waals surface area contributed by atoms with Gasteiger partial charge in [-0.1, -0.05) is 15.9 Å². The third kappa shape index (κ3) is 2.71. The first-order valence-corrected chi connectivity index (χ1v) is 7.73. The molecular weight excluding hydrogens is 332 g/mol. The highest BCUT2D eigenvalue weighted by Gasteiger charge is 2.31. The van der Waals surface area contributed by atoms with Gasteiger partial charge in [0.2, 0.25) is 0 Å². The summed E-state index contributed by atoms with van der Waals surface area (Å²) in [4.78, 5) is 0. The van der Waals surface area contributed by atoms with Gasteiger partial charge >= 0.3 is 0 Å². The van der Waals surface area contributed by atoms with E-state index in [2.05, 4.69) is 22.9 Å². The molecule has 0 radical (unpaired) electrons. The van der Waals surface area contributed by atoms with Crippen molar-refractivity contribution in [3.63, 3.8) is 0 Å². The van der Waals surface area contributed by atoms with Crippen molar-refractivity contribution in [2.24, 2.45) is 5.92 Å². The maximum absolute atomic E-state index is 6.62. The molecule has 1 aromatic rings. The second-order valence-electron chi connectivity index (χ2n) is 5.06. The summed E-state index contributed by atoms with van der Waals surface area (Å²) >= 11 is 10.2. The zero-order chi connectivity index (χ0) is 13.4. The van der Waals surface area contributed by atoms with Crippen LogP contribution in [-0.4, -0.2) is 25.9 Å². The molecule has 0 aromatic heterocycles. The summed E-state index contributed by atoms with van der Waals surface area (Å²) in [5.74, 6) is 1.90. The molecule has 0 bridgehead atoms. The smallest absolute Gasteiger partial charge is 0.162 e. The summed E-state index contributed by atoms with van der Waals surface area (Å²) in [5.41, 5.74) is 1.05. The van der Waals surface area contributed by atoms with Gasteiger partial charge in [0.15, 0.2) is 11.5 Å². The third-order valence-electron chi connectivity index (χ3n) is 3.60. The molecule has 0 N–H and O–H groups in total. The number of halogens is 2. The van der Waals surface area contributed by atoms with Crippen LogP contribution in [0.3, 0.4) is 0 Å². The maximum Gasteiger partial charge on any atom is 0.162 e. The van der Waals surface area contributed by atoms with Gasteiger partial charge in [0, 0.05) is 10.4 Å². The molecule has 2 aliphatic heterocycles. The van der Waals surface area contributed by atoms with Crippen LogP contribution in [0.5, 0.6) is 11.5 Å². The molecule has 3 unspecified atom stereocenters. The number of fused-ring (bicyclic) bond motifs is 1. The lowest BCUT2D eigenvalue weighted by Crippen LogP contribution is -2.16. The quantitative estimate of drug-likeness (QED) is 0.759. The molecule has 5 heteroatoms. The lowest BCUT2D eigenvalue weighted by atomic mass is 9.96. The Kier molecular flexibility index (Phi) is 3.92. The topological polar surface area (TPSA) is 27.7 Å². The van der Waals surface area contributed by atoms with Gasteiger partial charge in [-0.15, -0.1) is 11.6 Å². The average Bonchev–Trinajstić information content (AvgIpc) is 2.84. The van der Waals surface area contributed by atoms with Crippen molar-refractivity contribution < 1.29 is 14.2 Å². The van der Waals surface area contributed by atoms with Gasteiger partial charge in [-0.3, -0.25) is 0 Å². The summed E-state index contributed by atoms with van der Waals surface area (Å²) in [5, 5.41) is -0.0739. The van der Waals surface area contributed by atoms with E-state index in [0.29, 0.717) is 25.2 Å². The standard InChI is InChI=1S/C14H16BrClO3/c1-8-4-9(7-19-8)14(16)10-5-12-13(6-11(10)15)18-3-2-17-12/h5-6,8-9,14H,2-4,7H2,1H3. The Hall–Kier alpha value is -0.450. The fourth-order valence-electron chi connectivity index (χ4n) is 2.60. The number of rotatable bonds is 2. The number of hydrogen-bond donors (Lipinski definition) is 0. The number of benzene rings is 1. The van der Waals surface area contributed by atoms with E-state index in [1.165, 1.54) is 0 Å². The third-order valence-corrected chi connectivity index (χ3v) is 4.88. The van der Waals surface area contributed by atoms with Crippen molar-refractivity contribution in [2.75, 3.05) is 19.8 Å². The molecule has 104 valence electrons. The summed E-state index contributed by atoms with van der Waals surface area (Å²) in [7, 11) is 0. The van der Waals surface area contributed by atoms with E-state index < -0.39 is 0 Å². The zero-order valence-corrected chi connectivity index (χ0v) is 13.0. The van der Waals surface area contributed by atoms with Crippen molar-refractivity contribution in [1.29, 1.82) is 0 Å². The van der Waals surface area contributed by atoms with E-state index in [9.17, 15) is 0 Å². The summed E-state index contributed by atoms with van der Waals surface area (Å²) < 4.78 is 17.7. The highest BCUT2D eigenvalue weighted by Crippen LogP contribution is 2.44. The highest BCUT2D eigenvalue weighted by molar-refractivity contribution is 9.10. The van der Waals surface area contributed by atoms with E-state index >= 15 is 0 Å². The molecule has 3 nitrogen and oxygen atoms in total. The van der Waals surface area contributed by atoms with Crippen LogP contribution < -0.4 is 9.47 Å². The molecule has 0 aliphatic carbocycles. The van der Waals surface area contributed by atoms with Crippen molar-refractivity contribution >= 4 is 27.5 Å². The lowest BCUT2D eigenvalue weighted by Gasteiger charge is -2.23. The van der Waals surface area contributed by atoms with Crippen molar-refractivity contribution in [2.45, 2.75) is 24.8 Å². The fraction of sp³-hybridized carbons (Fsp3) is 0.571. The molecule has 2 aliphatic rings. The maximum atomic E-state index is 6.62. The molecule has 3 rings (SSSR count). The van der Waals surface area contributed by atoms with Crippen LogP contribution in [0.4, 0.5) is 0 Å². The van der Waals surface area contributed by atoms with E-state index in [1.54, 1.807) is 0 Å². The van der Waals surface area contributed by atoms with Crippen LogP contribution in [0, 0.1) is 5.92 Å². The molecule has 0 saturated carbocycles. The zero-order valence-electron chi connectivity index (χ0n) is 10.7. The van der Waals surface area contributed by atoms with Crippen LogP contribution in [0.15, 0.2) is 16.6 Å². The molecule has 1 aromatic carbocycles. The minimum atomic E-state index is -0.0739. The summed E-state index contributed by atoms with van der Waals surface area (Å²) in [6.07, 6.45) is 1.29. The van der Waals surface area contributed by atoms with Gasteiger partial charge in [-0.25, -0.2) is 0 Å². The number of ether oxygens (including phenoxy) is 3. The van der Waals surface area contributed by atoms with Crippen LogP contribution >= 0.6 is 27.5 Å². The monoisotopic (exact) mass is 346 g/mol. The van der Waals surface area contributed by atoms with Gasteiger partial charge in [0.05, 0.1) is 18.1 Å².